The van der Waals surface area contributed by atoms with Crippen LogP contribution in [0.15, 0.2) is 48.7 Å². The Morgan fingerprint density at radius 1 is 1.06 bits per heavy atom. The second kappa shape index (κ2) is 10.4. The van der Waals surface area contributed by atoms with E-state index in [2.05, 4.69) is 9.88 Å². The molecule has 0 fully saturated rings. The summed E-state index contributed by atoms with van der Waals surface area (Å²) in [5, 5.41) is 4.46. The first kappa shape index (κ1) is 22.7. The number of halogens is 1. The fourth-order valence-corrected chi connectivity index (χ4v) is 3.68. The Balaban J connectivity index is 2.01. The maximum absolute atomic E-state index is 12.5. The minimum absolute atomic E-state index is 0.117. The highest BCUT2D eigenvalue weighted by atomic mass is 35.5. The Morgan fingerprint density at radius 3 is 2.48 bits per heavy atom. The minimum atomic E-state index is -0.439. The molecular weight excluding hydrogens is 414 g/mol. The van der Waals surface area contributed by atoms with Crippen molar-refractivity contribution in [3.8, 4) is 5.75 Å². The number of amides is 2. The molecule has 164 valence electrons. The van der Waals surface area contributed by atoms with E-state index in [4.69, 9.17) is 16.3 Å². The molecule has 0 saturated carbocycles. The monoisotopic (exact) mass is 441 g/mol. The summed E-state index contributed by atoms with van der Waals surface area (Å²) >= 11 is 6.33. The molecule has 2 amide bonds. The molecule has 3 aromatic rings. The van der Waals surface area contributed by atoms with Gasteiger partial charge in [0.15, 0.2) is 5.75 Å². The summed E-state index contributed by atoms with van der Waals surface area (Å²) in [6.07, 6.45) is 2.62. The van der Waals surface area contributed by atoms with Crippen molar-refractivity contribution < 1.29 is 14.3 Å². The van der Waals surface area contributed by atoms with E-state index in [1.165, 1.54) is 0 Å². The molecule has 0 saturated heterocycles. The van der Waals surface area contributed by atoms with E-state index in [1.807, 2.05) is 63.4 Å². The van der Waals surface area contributed by atoms with Crippen LogP contribution in [0.1, 0.15) is 39.2 Å². The van der Waals surface area contributed by atoms with Gasteiger partial charge in [-0.05, 0) is 50.1 Å². The number of aromatic nitrogens is 1. The fourth-order valence-electron chi connectivity index (χ4n) is 3.48. The van der Waals surface area contributed by atoms with Crippen molar-refractivity contribution in [1.82, 2.24) is 9.47 Å². The van der Waals surface area contributed by atoms with Crippen LogP contribution in [-0.2, 0) is 11.3 Å². The van der Waals surface area contributed by atoms with Crippen LogP contribution in [0.2, 0.25) is 5.02 Å². The number of hydrogen-bond acceptors (Lipinski definition) is 3. The quantitative estimate of drug-likeness (QED) is 0.471. The summed E-state index contributed by atoms with van der Waals surface area (Å²) in [7, 11) is 0. The van der Waals surface area contributed by atoms with Crippen LogP contribution in [0.3, 0.4) is 0 Å². The van der Waals surface area contributed by atoms with Crippen LogP contribution in [-0.4, -0.2) is 34.6 Å². The summed E-state index contributed by atoms with van der Waals surface area (Å²) in [5.41, 5.74) is 2.42. The van der Waals surface area contributed by atoms with E-state index in [0.717, 1.165) is 22.9 Å². The van der Waals surface area contributed by atoms with Crippen molar-refractivity contribution in [3.05, 3.63) is 59.2 Å². The lowest BCUT2D eigenvalue weighted by molar-refractivity contribution is -0.116. The van der Waals surface area contributed by atoms with Gasteiger partial charge in [-0.15, -0.1) is 0 Å². The molecule has 3 rings (SSSR count). The van der Waals surface area contributed by atoms with Crippen molar-refractivity contribution in [1.29, 1.82) is 0 Å². The van der Waals surface area contributed by atoms with Gasteiger partial charge in [0.25, 0.3) is 0 Å². The zero-order valence-electron chi connectivity index (χ0n) is 18.2. The molecule has 0 aliphatic heterocycles. The van der Waals surface area contributed by atoms with E-state index < -0.39 is 6.09 Å². The lowest BCUT2D eigenvalue weighted by atomic mass is 10.1. The number of fused-ring (bicyclic) bond motifs is 1. The number of carbonyl (C=O) groups excluding carboxylic acids is 2. The van der Waals surface area contributed by atoms with E-state index in [0.29, 0.717) is 42.5 Å². The normalized spacial score (nSPS) is 10.8. The number of benzene rings is 2. The Kier molecular flexibility index (Phi) is 7.58. The van der Waals surface area contributed by atoms with Crippen LogP contribution in [0.4, 0.5) is 10.5 Å². The molecule has 6 nitrogen and oxygen atoms in total. The molecular formula is C24H28ClN3O3. The number of ether oxygens (including phenoxy) is 1. The second-order valence-corrected chi connectivity index (χ2v) is 7.65. The third-order valence-corrected chi connectivity index (χ3v) is 5.54. The van der Waals surface area contributed by atoms with Gasteiger partial charge in [0, 0.05) is 42.7 Å². The SMILES string of the molecule is CCCC(=O)Nc1c(OC(=O)N(CC)CC)ccc2c1ccn2Cc1ccccc1Cl. The van der Waals surface area contributed by atoms with E-state index in [9.17, 15) is 9.59 Å². The lowest BCUT2D eigenvalue weighted by Crippen LogP contribution is -2.33. The van der Waals surface area contributed by atoms with Crippen LogP contribution in [0.5, 0.6) is 5.75 Å². The Morgan fingerprint density at radius 2 is 1.81 bits per heavy atom. The summed E-state index contributed by atoms with van der Waals surface area (Å²) in [4.78, 5) is 26.5. The fraction of sp³-hybridized carbons (Fsp3) is 0.333. The molecule has 0 spiro atoms. The molecule has 1 N–H and O–H groups in total. The number of rotatable bonds is 8. The van der Waals surface area contributed by atoms with E-state index in [-0.39, 0.29) is 5.91 Å². The molecule has 0 radical (unpaired) electrons. The first-order chi connectivity index (χ1) is 15.0. The van der Waals surface area contributed by atoms with Gasteiger partial charge in [0.2, 0.25) is 5.91 Å². The maximum atomic E-state index is 12.5. The molecule has 31 heavy (non-hydrogen) atoms. The highest BCUT2D eigenvalue weighted by Gasteiger charge is 2.19. The largest absolute Gasteiger partial charge is 0.415 e. The molecule has 2 aromatic carbocycles. The molecule has 7 heteroatoms. The zero-order chi connectivity index (χ0) is 22.4. The average Bonchev–Trinajstić information content (AvgIpc) is 3.15. The molecule has 0 unspecified atom stereocenters. The second-order valence-electron chi connectivity index (χ2n) is 7.24. The van der Waals surface area contributed by atoms with E-state index in [1.54, 1.807) is 11.0 Å². The Labute approximate surface area is 187 Å². The van der Waals surface area contributed by atoms with Gasteiger partial charge in [-0.1, -0.05) is 36.7 Å². The van der Waals surface area contributed by atoms with Gasteiger partial charge >= 0.3 is 6.09 Å². The lowest BCUT2D eigenvalue weighted by Gasteiger charge is -2.20. The van der Waals surface area contributed by atoms with Gasteiger partial charge < -0.3 is 19.5 Å². The van der Waals surface area contributed by atoms with Crippen LogP contribution in [0.25, 0.3) is 10.9 Å². The molecule has 0 aliphatic carbocycles. The first-order valence-corrected chi connectivity index (χ1v) is 11.0. The molecule has 1 heterocycles. The van der Waals surface area contributed by atoms with E-state index >= 15 is 0 Å². The first-order valence-electron chi connectivity index (χ1n) is 10.6. The summed E-state index contributed by atoms with van der Waals surface area (Å²) in [6.45, 7) is 7.41. The highest BCUT2D eigenvalue weighted by molar-refractivity contribution is 6.31. The average molecular weight is 442 g/mol. The van der Waals surface area contributed by atoms with Gasteiger partial charge in [-0.25, -0.2) is 4.79 Å². The number of nitrogens with zero attached hydrogens (tertiary/aromatic N) is 2. The number of carbonyl (C=O) groups is 2. The van der Waals surface area contributed by atoms with Gasteiger partial charge in [-0.2, -0.15) is 0 Å². The van der Waals surface area contributed by atoms with Gasteiger partial charge in [-0.3, -0.25) is 4.79 Å². The molecule has 0 bridgehead atoms. The third-order valence-electron chi connectivity index (χ3n) is 5.17. The number of nitrogens with one attached hydrogen (secondary N) is 1. The van der Waals surface area contributed by atoms with Crippen molar-refractivity contribution in [2.24, 2.45) is 0 Å². The predicted molar refractivity (Wildman–Crippen MR) is 125 cm³/mol. The highest BCUT2D eigenvalue weighted by Crippen LogP contribution is 2.35. The van der Waals surface area contributed by atoms with Crippen LogP contribution < -0.4 is 10.1 Å². The molecule has 0 atom stereocenters. The summed E-state index contributed by atoms with van der Waals surface area (Å²) in [6, 6.07) is 13.2. The smallest absolute Gasteiger partial charge is 0.408 e. The maximum Gasteiger partial charge on any atom is 0.415 e. The van der Waals surface area contributed by atoms with Gasteiger partial charge in [0.1, 0.15) is 0 Å². The molecule has 1 aromatic heterocycles. The minimum Gasteiger partial charge on any atom is -0.408 e. The standard InChI is InChI=1S/C24H28ClN3O3/c1-4-9-22(29)26-23-18-14-15-28(16-17-10-7-8-11-19(17)25)20(18)12-13-21(23)31-24(30)27(5-2)6-3/h7-8,10-15H,4-6,9,16H2,1-3H3,(H,26,29). The van der Waals surface area contributed by atoms with Crippen molar-refractivity contribution in [2.75, 3.05) is 18.4 Å². The Hall–Kier alpha value is -2.99. The topological polar surface area (TPSA) is 63.6 Å². The summed E-state index contributed by atoms with van der Waals surface area (Å²) < 4.78 is 7.72. The summed E-state index contributed by atoms with van der Waals surface area (Å²) in [5.74, 6) is 0.221. The molecule has 0 aliphatic rings. The van der Waals surface area contributed by atoms with Crippen molar-refractivity contribution >= 4 is 40.2 Å². The van der Waals surface area contributed by atoms with Crippen molar-refractivity contribution in [2.45, 2.75) is 40.2 Å². The predicted octanol–water partition coefficient (Wildman–Crippen LogP) is 5.92. The van der Waals surface area contributed by atoms with Crippen LogP contribution >= 0.6 is 11.6 Å². The number of anilines is 1. The van der Waals surface area contributed by atoms with Crippen LogP contribution in [0, 0.1) is 0 Å². The Bertz CT molecular complexity index is 1070. The van der Waals surface area contributed by atoms with Gasteiger partial charge in [0.05, 0.1) is 11.2 Å². The zero-order valence-corrected chi connectivity index (χ0v) is 18.9. The number of hydrogen-bond donors (Lipinski definition) is 1. The van der Waals surface area contributed by atoms with Crippen molar-refractivity contribution in [3.63, 3.8) is 0 Å². The third kappa shape index (κ3) is 5.20.